The quantitative estimate of drug-likeness (QED) is 0.821. The molecule has 0 saturated heterocycles. The van der Waals surface area contributed by atoms with Crippen LogP contribution in [0.4, 0.5) is 11.4 Å². The lowest BCUT2D eigenvalue weighted by molar-refractivity contribution is -0.113. The molecule has 3 N–H and O–H groups in total. The van der Waals surface area contributed by atoms with Crippen molar-refractivity contribution in [2.24, 2.45) is 5.92 Å². The van der Waals surface area contributed by atoms with Crippen molar-refractivity contribution in [2.45, 2.75) is 26.0 Å². The predicted octanol–water partition coefficient (Wildman–Crippen LogP) is 2.65. The van der Waals surface area contributed by atoms with E-state index in [9.17, 15) is 9.00 Å². The van der Waals surface area contributed by atoms with Crippen molar-refractivity contribution in [1.82, 2.24) is 0 Å². The molecule has 0 spiro atoms. The van der Waals surface area contributed by atoms with Crippen LogP contribution in [-0.4, -0.2) is 21.1 Å². The van der Waals surface area contributed by atoms with Crippen molar-refractivity contribution in [1.29, 1.82) is 0 Å². The zero-order valence-electron chi connectivity index (χ0n) is 11.3. The molecule has 0 aliphatic rings. The molecule has 2 unspecified atom stereocenters. The Kier molecular flexibility index (Phi) is 5.82. The predicted molar refractivity (Wildman–Crippen MR) is 81.8 cm³/mol. The summed E-state index contributed by atoms with van der Waals surface area (Å²) in [6.07, 6.45) is 0. The van der Waals surface area contributed by atoms with Gasteiger partial charge in [0.15, 0.2) is 0 Å². The number of carbonyl (C=O) groups is 1. The SMILES string of the molecule is CC(C)C(C)S(=O)CC(=O)Nc1cc(N)ccc1Cl. The Morgan fingerprint density at radius 2 is 2.05 bits per heavy atom. The van der Waals surface area contributed by atoms with Crippen LogP contribution in [-0.2, 0) is 15.6 Å². The van der Waals surface area contributed by atoms with E-state index < -0.39 is 10.8 Å². The van der Waals surface area contributed by atoms with Crippen LogP contribution in [0, 0.1) is 5.92 Å². The van der Waals surface area contributed by atoms with Crippen LogP contribution in [0.3, 0.4) is 0 Å². The topological polar surface area (TPSA) is 72.2 Å². The highest BCUT2D eigenvalue weighted by Gasteiger charge is 2.18. The van der Waals surface area contributed by atoms with Gasteiger partial charge in [-0.3, -0.25) is 9.00 Å². The number of hydrogen-bond acceptors (Lipinski definition) is 3. The fraction of sp³-hybridized carbons (Fsp3) is 0.462. The number of nitrogen functional groups attached to an aromatic ring is 1. The van der Waals surface area contributed by atoms with E-state index in [0.29, 0.717) is 16.4 Å². The number of nitrogens with one attached hydrogen (secondary N) is 1. The number of carbonyl (C=O) groups excluding carboxylic acids is 1. The molecule has 0 radical (unpaired) electrons. The number of anilines is 2. The maximum atomic E-state index is 11.9. The number of rotatable bonds is 5. The van der Waals surface area contributed by atoms with E-state index in [0.717, 1.165) is 0 Å². The molecule has 1 aromatic carbocycles. The summed E-state index contributed by atoms with van der Waals surface area (Å²) < 4.78 is 11.9. The molecule has 0 aromatic heterocycles. The van der Waals surface area contributed by atoms with Gasteiger partial charge in [0.1, 0.15) is 5.75 Å². The third-order valence-electron chi connectivity index (χ3n) is 2.89. The van der Waals surface area contributed by atoms with Crippen LogP contribution in [0.2, 0.25) is 5.02 Å². The van der Waals surface area contributed by atoms with E-state index in [1.165, 1.54) is 0 Å². The average molecular weight is 303 g/mol. The van der Waals surface area contributed by atoms with Gasteiger partial charge in [-0.1, -0.05) is 32.4 Å². The summed E-state index contributed by atoms with van der Waals surface area (Å²) in [5.74, 6) is -0.0901. The highest BCUT2D eigenvalue weighted by Crippen LogP contribution is 2.24. The van der Waals surface area contributed by atoms with Crippen molar-refractivity contribution >= 4 is 39.7 Å². The smallest absolute Gasteiger partial charge is 0.237 e. The molecule has 106 valence electrons. The molecule has 4 nitrogen and oxygen atoms in total. The van der Waals surface area contributed by atoms with Gasteiger partial charge in [-0.2, -0.15) is 0 Å². The first kappa shape index (κ1) is 16.0. The molecule has 19 heavy (non-hydrogen) atoms. The van der Waals surface area contributed by atoms with E-state index in [1.54, 1.807) is 18.2 Å². The number of amides is 1. The number of halogens is 1. The van der Waals surface area contributed by atoms with Gasteiger partial charge >= 0.3 is 0 Å². The van der Waals surface area contributed by atoms with E-state index in [4.69, 9.17) is 17.3 Å². The van der Waals surface area contributed by atoms with Gasteiger partial charge in [0.25, 0.3) is 0 Å². The van der Waals surface area contributed by atoms with Gasteiger partial charge in [-0.05, 0) is 24.1 Å². The molecule has 0 aliphatic heterocycles. The van der Waals surface area contributed by atoms with Gasteiger partial charge < -0.3 is 11.1 Å². The molecule has 1 rings (SSSR count). The lowest BCUT2D eigenvalue weighted by Crippen LogP contribution is -2.27. The summed E-state index contributed by atoms with van der Waals surface area (Å²) in [4.78, 5) is 11.8. The Morgan fingerprint density at radius 1 is 1.42 bits per heavy atom. The molecule has 0 aliphatic carbocycles. The van der Waals surface area contributed by atoms with Gasteiger partial charge in [-0.15, -0.1) is 0 Å². The maximum Gasteiger partial charge on any atom is 0.237 e. The third-order valence-corrected chi connectivity index (χ3v) is 5.14. The monoisotopic (exact) mass is 302 g/mol. The highest BCUT2D eigenvalue weighted by atomic mass is 35.5. The molecule has 6 heteroatoms. The van der Waals surface area contributed by atoms with Crippen LogP contribution in [0.1, 0.15) is 20.8 Å². The Bertz CT molecular complexity index is 492. The molecule has 1 aromatic rings. The Morgan fingerprint density at radius 3 is 2.63 bits per heavy atom. The minimum atomic E-state index is -1.20. The second-order valence-corrected chi connectivity index (χ2v) is 6.96. The minimum Gasteiger partial charge on any atom is -0.399 e. The summed E-state index contributed by atoms with van der Waals surface area (Å²) in [7, 11) is -1.20. The van der Waals surface area contributed by atoms with Gasteiger partial charge in [0, 0.05) is 21.7 Å². The average Bonchev–Trinajstić information content (AvgIpc) is 2.32. The lowest BCUT2D eigenvalue weighted by atomic mass is 10.2. The molecule has 2 atom stereocenters. The fourth-order valence-corrected chi connectivity index (χ4v) is 2.75. The molecule has 1 amide bonds. The van der Waals surface area contributed by atoms with E-state index in [2.05, 4.69) is 5.32 Å². The Labute approximate surface area is 121 Å². The maximum absolute atomic E-state index is 11.9. The van der Waals surface area contributed by atoms with E-state index in [-0.39, 0.29) is 22.8 Å². The number of hydrogen-bond donors (Lipinski definition) is 2. The summed E-state index contributed by atoms with van der Waals surface area (Å²) in [6, 6.07) is 4.84. The van der Waals surface area contributed by atoms with E-state index >= 15 is 0 Å². The summed E-state index contributed by atoms with van der Waals surface area (Å²) in [5.41, 5.74) is 6.58. The van der Waals surface area contributed by atoms with Crippen molar-refractivity contribution in [3.8, 4) is 0 Å². The summed E-state index contributed by atoms with van der Waals surface area (Å²) in [5, 5.41) is 3.01. The Balaban J connectivity index is 2.65. The van der Waals surface area contributed by atoms with Crippen LogP contribution >= 0.6 is 11.6 Å². The van der Waals surface area contributed by atoms with Crippen molar-refractivity contribution < 1.29 is 9.00 Å². The number of nitrogens with two attached hydrogens (primary N) is 1. The van der Waals surface area contributed by atoms with Crippen LogP contribution < -0.4 is 11.1 Å². The second kappa shape index (κ2) is 6.91. The largest absolute Gasteiger partial charge is 0.399 e. The first-order valence-electron chi connectivity index (χ1n) is 6.03. The zero-order chi connectivity index (χ0) is 14.6. The molecular formula is C13H19ClN2O2S. The molecule has 0 heterocycles. The fourth-order valence-electron chi connectivity index (χ4n) is 1.39. The standard InChI is InChI=1S/C13H19ClN2O2S/c1-8(2)9(3)19(18)7-13(17)16-12-6-10(15)4-5-11(12)14/h4-6,8-9H,7,15H2,1-3H3,(H,16,17). The van der Waals surface area contributed by atoms with Crippen LogP contribution in [0.25, 0.3) is 0 Å². The van der Waals surface area contributed by atoms with Gasteiger partial charge in [0.05, 0.1) is 10.7 Å². The number of benzene rings is 1. The van der Waals surface area contributed by atoms with Crippen LogP contribution in [0.15, 0.2) is 18.2 Å². The zero-order valence-corrected chi connectivity index (χ0v) is 12.8. The summed E-state index contributed by atoms with van der Waals surface area (Å²) >= 11 is 5.94. The normalized spacial score (nSPS) is 14.2. The molecule has 0 fully saturated rings. The van der Waals surface area contributed by atoms with Crippen molar-refractivity contribution in [3.05, 3.63) is 23.2 Å². The third kappa shape index (κ3) is 4.84. The molecule has 0 bridgehead atoms. The second-order valence-electron chi connectivity index (χ2n) is 4.76. The minimum absolute atomic E-state index is 0.0259. The Hall–Kier alpha value is -1.07. The highest BCUT2D eigenvalue weighted by molar-refractivity contribution is 7.86. The van der Waals surface area contributed by atoms with Crippen molar-refractivity contribution in [2.75, 3.05) is 16.8 Å². The first-order chi connectivity index (χ1) is 8.81. The first-order valence-corrected chi connectivity index (χ1v) is 7.79. The van der Waals surface area contributed by atoms with E-state index in [1.807, 2.05) is 20.8 Å². The van der Waals surface area contributed by atoms with Gasteiger partial charge in [0.2, 0.25) is 5.91 Å². The van der Waals surface area contributed by atoms with Crippen LogP contribution in [0.5, 0.6) is 0 Å². The lowest BCUT2D eigenvalue weighted by Gasteiger charge is -2.15. The molecule has 0 saturated carbocycles. The van der Waals surface area contributed by atoms with Crippen molar-refractivity contribution in [3.63, 3.8) is 0 Å². The van der Waals surface area contributed by atoms with Gasteiger partial charge in [-0.25, -0.2) is 0 Å². The summed E-state index contributed by atoms with van der Waals surface area (Å²) in [6.45, 7) is 5.84. The molecular weight excluding hydrogens is 284 g/mol.